The first-order valence-corrected chi connectivity index (χ1v) is 5.34. The Kier molecular flexibility index (Phi) is 5.13. The molecule has 1 N–H and O–H groups in total. The summed E-state index contributed by atoms with van der Waals surface area (Å²) in [5.41, 5.74) is -0.792. The molecule has 0 aromatic carbocycles. The fourth-order valence-electron chi connectivity index (χ4n) is 1.64. The zero-order valence-corrected chi connectivity index (χ0v) is 10.3. The van der Waals surface area contributed by atoms with Gasteiger partial charge in [-0.1, -0.05) is 20.8 Å². The van der Waals surface area contributed by atoms with Crippen LogP contribution in [-0.4, -0.2) is 42.1 Å². The van der Waals surface area contributed by atoms with Gasteiger partial charge in [-0.3, -0.25) is 4.99 Å². The number of likely N-dealkylation sites (N-methyl/N-ethyl adjacent to an activating group) is 1. The molecule has 0 saturated heterocycles. The van der Waals surface area contributed by atoms with Crippen LogP contribution in [0, 0.1) is 5.92 Å². The van der Waals surface area contributed by atoms with Crippen LogP contribution in [0.1, 0.15) is 34.1 Å². The van der Waals surface area contributed by atoms with Crippen LogP contribution in [0.15, 0.2) is 4.99 Å². The van der Waals surface area contributed by atoms with Crippen LogP contribution in [0.4, 0.5) is 0 Å². The van der Waals surface area contributed by atoms with E-state index < -0.39 is 5.60 Å². The van der Waals surface area contributed by atoms with Crippen molar-refractivity contribution in [2.75, 3.05) is 20.6 Å². The minimum atomic E-state index is -0.792. The van der Waals surface area contributed by atoms with Crippen LogP contribution in [-0.2, 0) is 0 Å². The van der Waals surface area contributed by atoms with Crippen molar-refractivity contribution in [2.45, 2.75) is 39.7 Å². The van der Waals surface area contributed by atoms with E-state index in [-0.39, 0.29) is 5.92 Å². The first-order valence-electron chi connectivity index (χ1n) is 5.34. The molecule has 0 bridgehead atoms. The average Bonchev–Trinajstić information content (AvgIpc) is 2.12. The Morgan fingerprint density at radius 2 is 1.86 bits per heavy atom. The van der Waals surface area contributed by atoms with Crippen LogP contribution < -0.4 is 0 Å². The number of hydrogen-bond donors (Lipinski definition) is 1. The SMILES string of the molecule is CCN=C(N(C)C)C(O)(CC)C(C)C. The topological polar surface area (TPSA) is 35.8 Å². The molecule has 84 valence electrons. The molecule has 0 rings (SSSR count). The van der Waals surface area contributed by atoms with Gasteiger partial charge >= 0.3 is 0 Å². The van der Waals surface area contributed by atoms with Crippen LogP contribution >= 0.6 is 0 Å². The third kappa shape index (κ3) is 2.71. The quantitative estimate of drug-likeness (QED) is 0.554. The molecular formula is C11H24N2O. The Bertz CT molecular complexity index is 199. The number of hydrogen-bond acceptors (Lipinski definition) is 2. The van der Waals surface area contributed by atoms with Crippen LogP contribution in [0.3, 0.4) is 0 Å². The van der Waals surface area contributed by atoms with Crippen molar-refractivity contribution < 1.29 is 5.11 Å². The third-order valence-corrected chi connectivity index (χ3v) is 2.61. The summed E-state index contributed by atoms with van der Waals surface area (Å²) in [4.78, 5) is 6.29. The predicted octanol–water partition coefficient (Wildman–Crippen LogP) is 1.76. The number of nitrogens with zero attached hydrogens (tertiary/aromatic N) is 2. The highest BCUT2D eigenvalue weighted by atomic mass is 16.3. The molecule has 3 heteroatoms. The molecule has 0 aliphatic carbocycles. The Hall–Kier alpha value is -0.570. The second kappa shape index (κ2) is 5.35. The first kappa shape index (κ1) is 13.4. The van der Waals surface area contributed by atoms with Crippen LogP contribution in [0.2, 0.25) is 0 Å². The van der Waals surface area contributed by atoms with E-state index in [1.54, 1.807) is 0 Å². The van der Waals surface area contributed by atoms with Gasteiger partial charge in [-0.05, 0) is 19.3 Å². The van der Waals surface area contributed by atoms with Gasteiger partial charge in [0.05, 0.1) is 0 Å². The summed E-state index contributed by atoms with van der Waals surface area (Å²) in [5, 5.41) is 10.5. The average molecular weight is 200 g/mol. The van der Waals surface area contributed by atoms with E-state index in [9.17, 15) is 5.11 Å². The summed E-state index contributed by atoms with van der Waals surface area (Å²) in [5.74, 6) is 0.970. The van der Waals surface area contributed by atoms with Crippen molar-refractivity contribution >= 4 is 5.84 Å². The van der Waals surface area contributed by atoms with Gasteiger partial charge in [-0.25, -0.2) is 0 Å². The highest BCUT2D eigenvalue weighted by Gasteiger charge is 2.36. The molecule has 0 saturated carbocycles. The molecule has 0 aliphatic rings. The highest BCUT2D eigenvalue weighted by molar-refractivity contribution is 5.90. The van der Waals surface area contributed by atoms with E-state index in [0.29, 0.717) is 13.0 Å². The van der Waals surface area contributed by atoms with Crippen molar-refractivity contribution in [2.24, 2.45) is 10.9 Å². The molecule has 0 aromatic rings. The van der Waals surface area contributed by atoms with Crippen molar-refractivity contribution in [3.63, 3.8) is 0 Å². The summed E-state index contributed by atoms with van der Waals surface area (Å²) >= 11 is 0. The molecule has 1 atom stereocenters. The van der Waals surface area contributed by atoms with Gasteiger partial charge in [-0.2, -0.15) is 0 Å². The van der Waals surface area contributed by atoms with Crippen molar-refractivity contribution in [3.05, 3.63) is 0 Å². The maximum Gasteiger partial charge on any atom is 0.131 e. The molecule has 0 spiro atoms. The summed E-state index contributed by atoms with van der Waals surface area (Å²) in [6.45, 7) is 8.74. The number of rotatable bonds is 4. The Labute approximate surface area is 87.8 Å². The largest absolute Gasteiger partial charge is 0.382 e. The summed E-state index contributed by atoms with van der Waals surface area (Å²) in [6.07, 6.45) is 0.696. The maximum absolute atomic E-state index is 10.5. The van der Waals surface area contributed by atoms with Gasteiger partial charge in [0, 0.05) is 20.6 Å². The Morgan fingerprint density at radius 3 is 2.07 bits per heavy atom. The minimum absolute atomic E-state index is 0.181. The third-order valence-electron chi connectivity index (χ3n) is 2.61. The van der Waals surface area contributed by atoms with Gasteiger partial charge in [0.1, 0.15) is 11.4 Å². The van der Waals surface area contributed by atoms with E-state index in [0.717, 1.165) is 5.84 Å². The molecule has 0 heterocycles. The second-order valence-electron chi connectivity index (χ2n) is 4.12. The molecule has 0 aromatic heterocycles. The smallest absolute Gasteiger partial charge is 0.131 e. The fraction of sp³-hybridized carbons (Fsp3) is 0.909. The lowest BCUT2D eigenvalue weighted by atomic mass is 9.86. The van der Waals surface area contributed by atoms with Crippen molar-refractivity contribution in [1.29, 1.82) is 0 Å². The minimum Gasteiger partial charge on any atom is -0.382 e. The van der Waals surface area contributed by atoms with Gasteiger partial charge in [0.15, 0.2) is 0 Å². The summed E-state index contributed by atoms with van der Waals surface area (Å²) < 4.78 is 0. The van der Waals surface area contributed by atoms with Gasteiger partial charge in [0.25, 0.3) is 0 Å². The second-order valence-corrected chi connectivity index (χ2v) is 4.12. The van der Waals surface area contributed by atoms with E-state index in [2.05, 4.69) is 4.99 Å². The van der Waals surface area contributed by atoms with Gasteiger partial charge in [0.2, 0.25) is 0 Å². The van der Waals surface area contributed by atoms with E-state index in [1.807, 2.05) is 46.7 Å². The molecule has 3 nitrogen and oxygen atoms in total. The molecule has 14 heavy (non-hydrogen) atoms. The number of aliphatic imine (C=N–C) groups is 1. The maximum atomic E-state index is 10.5. The van der Waals surface area contributed by atoms with Gasteiger partial charge in [-0.15, -0.1) is 0 Å². The van der Waals surface area contributed by atoms with E-state index in [1.165, 1.54) is 0 Å². The predicted molar refractivity (Wildman–Crippen MR) is 61.7 cm³/mol. The Morgan fingerprint density at radius 1 is 1.36 bits per heavy atom. The van der Waals surface area contributed by atoms with Crippen LogP contribution in [0.25, 0.3) is 0 Å². The fourth-order valence-corrected chi connectivity index (χ4v) is 1.64. The number of amidine groups is 1. The lowest BCUT2D eigenvalue weighted by Crippen LogP contribution is -2.49. The lowest BCUT2D eigenvalue weighted by Gasteiger charge is -2.36. The molecule has 0 aliphatic heterocycles. The van der Waals surface area contributed by atoms with Gasteiger partial charge < -0.3 is 10.0 Å². The van der Waals surface area contributed by atoms with E-state index in [4.69, 9.17) is 0 Å². The normalized spacial score (nSPS) is 17.0. The molecule has 0 fully saturated rings. The standard InChI is InChI=1S/C11H24N2O/c1-7-11(14,9(3)4)10(12-8-2)13(5)6/h9,14H,7-8H2,1-6H3. The van der Waals surface area contributed by atoms with Crippen molar-refractivity contribution in [3.8, 4) is 0 Å². The highest BCUT2D eigenvalue weighted by Crippen LogP contribution is 2.23. The van der Waals surface area contributed by atoms with Crippen molar-refractivity contribution in [1.82, 2.24) is 4.90 Å². The molecule has 0 amide bonds. The summed E-state index contributed by atoms with van der Waals surface area (Å²) in [7, 11) is 3.86. The summed E-state index contributed by atoms with van der Waals surface area (Å²) in [6, 6.07) is 0. The Balaban J connectivity index is 5.04. The molecule has 1 unspecified atom stereocenters. The zero-order valence-electron chi connectivity index (χ0n) is 10.3. The zero-order chi connectivity index (χ0) is 11.4. The van der Waals surface area contributed by atoms with E-state index >= 15 is 0 Å². The molecule has 0 radical (unpaired) electrons. The first-order chi connectivity index (χ1) is 6.40. The molecular weight excluding hydrogens is 176 g/mol. The number of aliphatic hydroxyl groups is 1. The monoisotopic (exact) mass is 200 g/mol. The lowest BCUT2D eigenvalue weighted by molar-refractivity contribution is 0.0496. The van der Waals surface area contributed by atoms with Crippen LogP contribution in [0.5, 0.6) is 0 Å².